The third-order valence-corrected chi connectivity index (χ3v) is 4.36. The largest absolute Gasteiger partial charge is 0.497 e. The van der Waals surface area contributed by atoms with Gasteiger partial charge in [-0.2, -0.15) is 0 Å². The molecule has 10 nitrogen and oxygen atoms in total. The van der Waals surface area contributed by atoms with Crippen LogP contribution in [0, 0.1) is 0 Å². The SMILES string of the molecule is COc1cc(Cl)c2c(c1)OC(OC1OC(CO)C(O)C(O)C1O)C(=O)N2. The number of hydrogen-bond acceptors (Lipinski definition) is 9. The van der Waals surface area contributed by atoms with Gasteiger partial charge in [0, 0.05) is 12.1 Å². The van der Waals surface area contributed by atoms with Gasteiger partial charge in [-0.05, 0) is 0 Å². The van der Waals surface area contributed by atoms with Gasteiger partial charge in [0.1, 0.15) is 35.9 Å². The number of anilines is 1. The molecule has 1 saturated heterocycles. The summed E-state index contributed by atoms with van der Waals surface area (Å²) >= 11 is 6.06. The lowest BCUT2D eigenvalue weighted by molar-refractivity contribution is -0.322. The molecule has 144 valence electrons. The van der Waals surface area contributed by atoms with Gasteiger partial charge in [-0.15, -0.1) is 0 Å². The number of aliphatic hydroxyl groups excluding tert-OH is 4. The van der Waals surface area contributed by atoms with Crippen LogP contribution in [0.3, 0.4) is 0 Å². The summed E-state index contributed by atoms with van der Waals surface area (Å²) in [5.41, 5.74) is 0.228. The van der Waals surface area contributed by atoms with Crippen molar-refractivity contribution in [1.29, 1.82) is 0 Å². The molecule has 2 aliphatic rings. The van der Waals surface area contributed by atoms with Gasteiger partial charge in [-0.1, -0.05) is 11.6 Å². The average molecular weight is 392 g/mol. The highest BCUT2D eigenvalue weighted by molar-refractivity contribution is 6.34. The maximum absolute atomic E-state index is 12.2. The number of nitrogens with one attached hydrogen (secondary N) is 1. The number of benzene rings is 1. The Morgan fingerprint density at radius 3 is 2.62 bits per heavy atom. The van der Waals surface area contributed by atoms with Gasteiger partial charge in [0.2, 0.25) is 0 Å². The van der Waals surface area contributed by atoms with Gasteiger partial charge in [0.25, 0.3) is 12.2 Å². The smallest absolute Gasteiger partial charge is 0.294 e. The third kappa shape index (κ3) is 3.45. The summed E-state index contributed by atoms with van der Waals surface area (Å²) < 4.78 is 21.0. The number of amides is 1. The zero-order valence-electron chi connectivity index (χ0n) is 13.5. The molecular weight excluding hydrogens is 374 g/mol. The van der Waals surface area contributed by atoms with Gasteiger partial charge < -0.3 is 44.7 Å². The van der Waals surface area contributed by atoms with Crippen LogP contribution in [0.4, 0.5) is 5.69 Å². The summed E-state index contributed by atoms with van der Waals surface area (Å²) in [5.74, 6) is -0.165. The van der Waals surface area contributed by atoms with Crippen LogP contribution in [-0.2, 0) is 14.3 Å². The summed E-state index contributed by atoms with van der Waals surface area (Å²) in [6.45, 7) is -0.627. The molecule has 0 bridgehead atoms. The topological polar surface area (TPSA) is 147 Å². The van der Waals surface area contributed by atoms with E-state index < -0.39 is 49.5 Å². The minimum Gasteiger partial charge on any atom is -0.497 e. The third-order valence-electron chi connectivity index (χ3n) is 4.07. The molecule has 2 heterocycles. The predicted molar refractivity (Wildman–Crippen MR) is 85.9 cm³/mol. The Labute approximate surface area is 152 Å². The molecule has 0 radical (unpaired) electrons. The summed E-state index contributed by atoms with van der Waals surface area (Å²) in [7, 11) is 1.43. The quantitative estimate of drug-likeness (QED) is 0.428. The summed E-state index contributed by atoms with van der Waals surface area (Å²) in [4.78, 5) is 12.2. The standard InChI is InChI=1S/C15H18ClNO9/c1-23-5-2-6(16)9-7(3-5)24-15(13(22)17-9)26-14-12(21)11(20)10(19)8(4-18)25-14/h2-3,8,10-12,14-15,18-21H,4H2,1H3,(H,17,22). The van der Waals surface area contributed by atoms with E-state index in [-0.39, 0.29) is 16.5 Å². The number of fused-ring (bicyclic) bond motifs is 1. The Morgan fingerprint density at radius 1 is 1.23 bits per heavy atom. The molecule has 6 unspecified atom stereocenters. The van der Waals surface area contributed by atoms with E-state index in [4.69, 9.17) is 30.5 Å². The summed E-state index contributed by atoms with van der Waals surface area (Å²) in [6, 6.07) is 2.97. The molecule has 11 heteroatoms. The van der Waals surface area contributed by atoms with Crippen molar-refractivity contribution in [2.24, 2.45) is 0 Å². The van der Waals surface area contributed by atoms with Gasteiger partial charge in [-0.25, -0.2) is 0 Å². The first-order valence-electron chi connectivity index (χ1n) is 7.66. The molecule has 1 fully saturated rings. The Balaban J connectivity index is 1.78. The average Bonchev–Trinajstić information content (AvgIpc) is 2.63. The lowest BCUT2D eigenvalue weighted by Gasteiger charge is -2.40. The number of rotatable bonds is 4. The summed E-state index contributed by atoms with van der Waals surface area (Å²) in [5, 5.41) is 41.4. The zero-order chi connectivity index (χ0) is 19.0. The van der Waals surface area contributed by atoms with E-state index in [1.54, 1.807) is 0 Å². The van der Waals surface area contributed by atoms with Crippen molar-refractivity contribution in [3.8, 4) is 11.5 Å². The van der Waals surface area contributed by atoms with Gasteiger partial charge >= 0.3 is 0 Å². The molecule has 6 atom stereocenters. The Morgan fingerprint density at radius 2 is 1.96 bits per heavy atom. The second-order valence-electron chi connectivity index (χ2n) is 5.75. The van der Waals surface area contributed by atoms with Crippen LogP contribution in [0.2, 0.25) is 5.02 Å². The number of halogens is 1. The van der Waals surface area contributed by atoms with Crippen LogP contribution in [0.25, 0.3) is 0 Å². The first-order chi connectivity index (χ1) is 12.3. The van der Waals surface area contributed by atoms with Gasteiger partial charge in [0.05, 0.1) is 18.7 Å². The van der Waals surface area contributed by atoms with E-state index in [9.17, 15) is 25.2 Å². The molecular formula is C15H18ClNO9. The van der Waals surface area contributed by atoms with Crippen LogP contribution in [0.1, 0.15) is 0 Å². The molecule has 0 spiro atoms. The fourth-order valence-corrected chi connectivity index (χ4v) is 2.88. The normalized spacial score (nSPS) is 33.8. The molecule has 5 N–H and O–H groups in total. The first-order valence-corrected chi connectivity index (χ1v) is 8.04. The van der Waals surface area contributed by atoms with Gasteiger partial charge in [-0.3, -0.25) is 4.79 Å². The number of hydrogen-bond donors (Lipinski definition) is 5. The van der Waals surface area contributed by atoms with E-state index >= 15 is 0 Å². The Bertz CT molecular complexity index is 685. The van der Waals surface area contributed by atoms with E-state index in [2.05, 4.69) is 5.32 Å². The van der Waals surface area contributed by atoms with Crippen LogP contribution in [0.15, 0.2) is 12.1 Å². The minimum absolute atomic E-state index is 0.170. The minimum atomic E-state index is -1.67. The highest BCUT2D eigenvalue weighted by atomic mass is 35.5. The predicted octanol–water partition coefficient (Wildman–Crippen LogP) is -1.18. The van der Waals surface area contributed by atoms with E-state index in [1.165, 1.54) is 19.2 Å². The molecule has 0 saturated carbocycles. The van der Waals surface area contributed by atoms with E-state index in [0.717, 1.165) is 0 Å². The molecule has 3 rings (SSSR count). The van der Waals surface area contributed by atoms with Crippen LogP contribution < -0.4 is 14.8 Å². The fraction of sp³-hybridized carbons (Fsp3) is 0.533. The maximum Gasteiger partial charge on any atom is 0.294 e. The van der Waals surface area contributed by atoms with Crippen molar-refractivity contribution < 1.29 is 44.2 Å². The molecule has 26 heavy (non-hydrogen) atoms. The number of carbonyl (C=O) groups excluding carboxylic acids is 1. The van der Waals surface area contributed by atoms with E-state index in [1.807, 2.05) is 0 Å². The first kappa shape index (κ1) is 19.1. The van der Waals surface area contributed by atoms with Gasteiger partial charge in [0.15, 0.2) is 12.0 Å². The number of aliphatic hydroxyl groups is 4. The van der Waals surface area contributed by atoms with Crippen molar-refractivity contribution in [3.05, 3.63) is 17.2 Å². The highest BCUT2D eigenvalue weighted by Crippen LogP contribution is 2.40. The van der Waals surface area contributed by atoms with Crippen LogP contribution >= 0.6 is 11.6 Å². The molecule has 1 amide bonds. The van der Waals surface area contributed by atoms with Crippen molar-refractivity contribution >= 4 is 23.2 Å². The Hall–Kier alpha value is -1.66. The van der Waals surface area contributed by atoms with Crippen molar-refractivity contribution in [3.63, 3.8) is 0 Å². The monoisotopic (exact) mass is 391 g/mol. The maximum atomic E-state index is 12.2. The fourth-order valence-electron chi connectivity index (χ4n) is 2.63. The number of ether oxygens (including phenoxy) is 4. The summed E-state index contributed by atoms with van der Waals surface area (Å²) in [6.07, 6.45) is -9.08. The number of methoxy groups -OCH3 is 1. The lowest BCUT2D eigenvalue weighted by Crippen LogP contribution is -2.60. The highest BCUT2D eigenvalue weighted by Gasteiger charge is 2.46. The Kier molecular flexibility index (Phi) is 5.53. The molecule has 1 aromatic rings. The van der Waals surface area contributed by atoms with Crippen molar-refractivity contribution in [1.82, 2.24) is 0 Å². The van der Waals surface area contributed by atoms with Crippen molar-refractivity contribution in [2.75, 3.05) is 19.0 Å². The second-order valence-corrected chi connectivity index (χ2v) is 6.16. The lowest BCUT2D eigenvalue weighted by atomic mass is 9.99. The van der Waals surface area contributed by atoms with Crippen molar-refractivity contribution in [2.45, 2.75) is 37.0 Å². The zero-order valence-corrected chi connectivity index (χ0v) is 14.3. The van der Waals surface area contributed by atoms with Crippen LogP contribution in [-0.4, -0.2) is 77.0 Å². The molecule has 1 aromatic carbocycles. The van der Waals surface area contributed by atoms with Crippen LogP contribution in [0.5, 0.6) is 11.5 Å². The van der Waals surface area contributed by atoms with E-state index in [0.29, 0.717) is 5.75 Å². The molecule has 0 aromatic heterocycles. The second kappa shape index (κ2) is 7.53. The molecule has 2 aliphatic heterocycles. The number of carbonyl (C=O) groups is 1. The molecule has 0 aliphatic carbocycles.